The van der Waals surface area contributed by atoms with E-state index in [1.807, 2.05) is 6.08 Å². The van der Waals surface area contributed by atoms with Gasteiger partial charge >= 0.3 is 6.18 Å². The molecular formula is C29H39F3. The van der Waals surface area contributed by atoms with Crippen molar-refractivity contribution in [2.75, 3.05) is 0 Å². The fourth-order valence-electron chi connectivity index (χ4n) is 5.49. The highest BCUT2D eigenvalue weighted by Crippen LogP contribution is 2.38. The predicted octanol–water partition coefficient (Wildman–Crippen LogP) is 9.20. The third-order valence-electron chi connectivity index (χ3n) is 7.69. The van der Waals surface area contributed by atoms with E-state index in [4.69, 9.17) is 0 Å². The summed E-state index contributed by atoms with van der Waals surface area (Å²) in [6, 6.07) is 5.05. The number of hydrogen-bond acceptors (Lipinski definition) is 0. The molecular weight excluding hydrogens is 405 g/mol. The van der Waals surface area contributed by atoms with Gasteiger partial charge in [0.2, 0.25) is 0 Å². The Balaban J connectivity index is 1.32. The van der Waals surface area contributed by atoms with Crippen LogP contribution in [-0.2, 0) is 6.18 Å². The summed E-state index contributed by atoms with van der Waals surface area (Å²) in [5, 5.41) is 0. The molecule has 0 atom stereocenters. The SMILES string of the molecule is CCCC[C@H]1CC[C@H](CCC2CCC(/C=C/C#Cc3ccc(C(F)(F)F)cc3)CC2)CC1. The van der Waals surface area contributed by atoms with E-state index in [2.05, 4.69) is 24.8 Å². The largest absolute Gasteiger partial charge is 0.416 e. The van der Waals surface area contributed by atoms with Gasteiger partial charge in [-0.2, -0.15) is 13.2 Å². The van der Waals surface area contributed by atoms with Crippen LogP contribution in [0.5, 0.6) is 0 Å². The second kappa shape index (κ2) is 12.5. The van der Waals surface area contributed by atoms with Gasteiger partial charge in [0.15, 0.2) is 0 Å². The molecule has 0 spiro atoms. The van der Waals surface area contributed by atoms with Crippen LogP contribution in [0.1, 0.15) is 102 Å². The summed E-state index contributed by atoms with van der Waals surface area (Å²) in [5.74, 6) is 9.42. The molecule has 0 saturated heterocycles. The molecule has 1 aromatic carbocycles. The van der Waals surface area contributed by atoms with Gasteiger partial charge in [0.05, 0.1) is 5.56 Å². The van der Waals surface area contributed by atoms with Crippen molar-refractivity contribution in [3.63, 3.8) is 0 Å². The number of alkyl halides is 3. The number of hydrogen-bond donors (Lipinski definition) is 0. The smallest absolute Gasteiger partial charge is 0.166 e. The van der Waals surface area contributed by atoms with Gasteiger partial charge < -0.3 is 0 Å². The number of allylic oxidation sites excluding steroid dienone is 2. The van der Waals surface area contributed by atoms with E-state index in [-0.39, 0.29) is 0 Å². The average Bonchev–Trinajstić information content (AvgIpc) is 2.80. The zero-order valence-corrected chi connectivity index (χ0v) is 19.6. The Morgan fingerprint density at radius 3 is 1.88 bits per heavy atom. The lowest BCUT2D eigenvalue weighted by atomic mass is 9.75. The van der Waals surface area contributed by atoms with Crippen molar-refractivity contribution < 1.29 is 13.2 Å². The number of rotatable bonds is 7. The molecule has 32 heavy (non-hydrogen) atoms. The Kier molecular flexibility index (Phi) is 9.76. The van der Waals surface area contributed by atoms with Crippen molar-refractivity contribution in [1.82, 2.24) is 0 Å². The highest BCUT2D eigenvalue weighted by Gasteiger charge is 2.29. The van der Waals surface area contributed by atoms with Gasteiger partial charge in [-0.15, -0.1) is 0 Å². The molecule has 3 rings (SSSR count). The third kappa shape index (κ3) is 8.34. The lowest BCUT2D eigenvalue weighted by Crippen LogP contribution is -2.17. The highest BCUT2D eigenvalue weighted by molar-refractivity contribution is 5.39. The molecule has 176 valence electrons. The van der Waals surface area contributed by atoms with Gasteiger partial charge in [-0.1, -0.05) is 82.6 Å². The summed E-state index contributed by atoms with van der Waals surface area (Å²) < 4.78 is 37.8. The molecule has 0 radical (unpaired) electrons. The molecule has 0 nitrogen and oxygen atoms in total. The molecule has 0 aliphatic heterocycles. The van der Waals surface area contributed by atoms with Crippen molar-refractivity contribution in [2.24, 2.45) is 23.7 Å². The average molecular weight is 445 g/mol. The number of unbranched alkanes of at least 4 members (excludes halogenated alkanes) is 1. The van der Waals surface area contributed by atoms with Gasteiger partial charge in [-0.25, -0.2) is 0 Å². The first-order valence-electron chi connectivity index (χ1n) is 12.8. The van der Waals surface area contributed by atoms with Crippen LogP contribution in [0.3, 0.4) is 0 Å². The maximum absolute atomic E-state index is 12.6. The van der Waals surface area contributed by atoms with Gasteiger partial charge in [-0.05, 0) is 79.7 Å². The van der Waals surface area contributed by atoms with Crippen molar-refractivity contribution in [2.45, 2.75) is 96.6 Å². The summed E-state index contributed by atoms with van der Waals surface area (Å²) in [7, 11) is 0. The fourth-order valence-corrected chi connectivity index (χ4v) is 5.49. The Hall–Kier alpha value is -1.69. The Morgan fingerprint density at radius 2 is 1.34 bits per heavy atom. The topological polar surface area (TPSA) is 0 Å². The minimum atomic E-state index is -4.29. The Bertz CT molecular complexity index is 746. The quantitative estimate of drug-likeness (QED) is 0.368. The van der Waals surface area contributed by atoms with Crippen molar-refractivity contribution in [3.05, 3.63) is 47.5 Å². The monoisotopic (exact) mass is 444 g/mol. The highest BCUT2D eigenvalue weighted by atomic mass is 19.4. The molecule has 2 saturated carbocycles. The van der Waals surface area contributed by atoms with Crippen LogP contribution < -0.4 is 0 Å². The van der Waals surface area contributed by atoms with E-state index in [0.717, 1.165) is 29.9 Å². The minimum absolute atomic E-state index is 0.599. The minimum Gasteiger partial charge on any atom is -0.166 e. The molecule has 2 aliphatic rings. The van der Waals surface area contributed by atoms with Crippen LogP contribution in [0, 0.1) is 35.5 Å². The van der Waals surface area contributed by atoms with Crippen LogP contribution in [0.4, 0.5) is 13.2 Å². The first-order chi connectivity index (χ1) is 15.4. The van der Waals surface area contributed by atoms with E-state index in [0.29, 0.717) is 11.5 Å². The fraction of sp³-hybridized carbons (Fsp3) is 0.655. The standard InChI is InChI=1S/C29H39F3/c1-2-3-6-23-9-13-26(14-10-23)17-18-27-15-11-24(12-16-27)7-4-5-8-25-19-21-28(22-20-25)29(30,31)32/h4,7,19-24,26-27H,2-3,6,9-18H2,1H3/b7-4+/t23-,24?,26-,27?. The van der Waals surface area contributed by atoms with E-state index in [9.17, 15) is 13.2 Å². The molecule has 0 bridgehead atoms. The van der Waals surface area contributed by atoms with Crippen LogP contribution in [0.25, 0.3) is 0 Å². The first kappa shape index (κ1) is 24.9. The molecule has 3 heteroatoms. The predicted molar refractivity (Wildman–Crippen MR) is 127 cm³/mol. The first-order valence-corrected chi connectivity index (χ1v) is 12.8. The maximum atomic E-state index is 12.6. The van der Waals surface area contributed by atoms with Crippen molar-refractivity contribution >= 4 is 0 Å². The summed E-state index contributed by atoms with van der Waals surface area (Å²) in [4.78, 5) is 0. The molecule has 0 heterocycles. The van der Waals surface area contributed by atoms with E-state index in [1.54, 1.807) is 0 Å². The Labute approximate surface area is 193 Å². The molecule has 0 N–H and O–H groups in total. The molecule has 0 aromatic heterocycles. The van der Waals surface area contributed by atoms with Gasteiger partial charge in [0.1, 0.15) is 0 Å². The third-order valence-corrected chi connectivity index (χ3v) is 7.69. The molecule has 1 aromatic rings. The van der Waals surface area contributed by atoms with Crippen LogP contribution in [0.15, 0.2) is 36.4 Å². The molecule has 0 amide bonds. The van der Waals surface area contributed by atoms with Crippen molar-refractivity contribution in [3.8, 4) is 11.8 Å². The number of halogens is 3. The van der Waals surface area contributed by atoms with E-state index >= 15 is 0 Å². The van der Waals surface area contributed by atoms with Gasteiger partial charge in [0.25, 0.3) is 0 Å². The van der Waals surface area contributed by atoms with Crippen LogP contribution in [-0.4, -0.2) is 0 Å². The van der Waals surface area contributed by atoms with Crippen LogP contribution in [0.2, 0.25) is 0 Å². The summed E-state index contributed by atoms with van der Waals surface area (Å²) >= 11 is 0. The zero-order chi connectivity index (χ0) is 22.8. The van der Waals surface area contributed by atoms with Crippen molar-refractivity contribution in [1.29, 1.82) is 0 Å². The lowest BCUT2D eigenvalue weighted by Gasteiger charge is -2.31. The lowest BCUT2D eigenvalue weighted by molar-refractivity contribution is -0.137. The zero-order valence-electron chi connectivity index (χ0n) is 19.6. The van der Waals surface area contributed by atoms with Crippen LogP contribution >= 0.6 is 0 Å². The van der Waals surface area contributed by atoms with Gasteiger partial charge in [0, 0.05) is 5.56 Å². The molecule has 0 unspecified atom stereocenters. The normalized spacial score (nSPS) is 26.6. The summed E-state index contributed by atoms with van der Waals surface area (Å²) in [6.45, 7) is 2.30. The van der Waals surface area contributed by atoms with E-state index in [1.165, 1.54) is 95.6 Å². The number of benzene rings is 1. The second-order valence-corrected chi connectivity index (χ2v) is 10.1. The Morgan fingerprint density at radius 1 is 0.812 bits per heavy atom. The van der Waals surface area contributed by atoms with E-state index < -0.39 is 11.7 Å². The maximum Gasteiger partial charge on any atom is 0.416 e. The van der Waals surface area contributed by atoms with Gasteiger partial charge in [-0.3, -0.25) is 0 Å². The second-order valence-electron chi connectivity index (χ2n) is 10.1. The molecule has 2 fully saturated rings. The molecule has 2 aliphatic carbocycles. The summed E-state index contributed by atoms with van der Waals surface area (Å²) in [6.07, 6.45) is 17.8. The summed E-state index contributed by atoms with van der Waals surface area (Å²) in [5.41, 5.74) is -0.0132.